The van der Waals surface area contributed by atoms with Crippen molar-refractivity contribution in [1.29, 1.82) is 0 Å². The third-order valence-electron chi connectivity index (χ3n) is 2.76. The molecular formula is C16H14ClN3O. The number of hydrogen-bond donors (Lipinski definition) is 2. The number of carbonyl (C=O) groups is 1. The molecule has 106 valence electrons. The lowest BCUT2D eigenvalue weighted by atomic mass is 10.1. The van der Waals surface area contributed by atoms with Crippen molar-refractivity contribution < 1.29 is 4.79 Å². The number of nitrogens with two attached hydrogens (primary N) is 1. The second-order valence-electron chi connectivity index (χ2n) is 4.24. The van der Waals surface area contributed by atoms with Gasteiger partial charge < -0.3 is 11.1 Å². The molecule has 21 heavy (non-hydrogen) atoms. The Kier molecular flexibility index (Phi) is 5.33. The lowest BCUT2D eigenvalue weighted by Crippen LogP contribution is -2.22. The van der Waals surface area contributed by atoms with Gasteiger partial charge in [0, 0.05) is 30.1 Å². The molecule has 0 bridgehead atoms. The van der Waals surface area contributed by atoms with E-state index < -0.39 is 0 Å². The molecule has 0 atom stereocenters. The number of nitrogens with zero attached hydrogens (tertiary/aromatic N) is 1. The van der Waals surface area contributed by atoms with E-state index in [0.717, 1.165) is 5.56 Å². The van der Waals surface area contributed by atoms with Gasteiger partial charge in [-0.25, -0.2) is 0 Å². The standard InChI is InChI=1S/C16H14ClN3O/c17-15-10-14(4-3-13(15)2-1-7-18)16(21)20-11-12-5-8-19-9-6-12/h3-6,8-10H,7,11,18H2,(H,20,21). The lowest BCUT2D eigenvalue weighted by molar-refractivity contribution is 0.0951. The summed E-state index contributed by atoms with van der Waals surface area (Å²) in [6.45, 7) is 0.707. The summed E-state index contributed by atoms with van der Waals surface area (Å²) in [5.41, 5.74) is 7.45. The van der Waals surface area contributed by atoms with E-state index in [4.69, 9.17) is 17.3 Å². The second kappa shape index (κ2) is 7.44. The number of benzene rings is 1. The largest absolute Gasteiger partial charge is 0.348 e. The van der Waals surface area contributed by atoms with Gasteiger partial charge >= 0.3 is 0 Å². The van der Waals surface area contributed by atoms with Crippen LogP contribution < -0.4 is 11.1 Å². The fourth-order valence-corrected chi connectivity index (χ4v) is 1.92. The molecule has 0 spiro atoms. The Morgan fingerprint density at radius 1 is 1.29 bits per heavy atom. The summed E-state index contributed by atoms with van der Waals surface area (Å²) in [4.78, 5) is 16.0. The molecule has 0 saturated heterocycles. The third-order valence-corrected chi connectivity index (χ3v) is 3.07. The van der Waals surface area contributed by atoms with E-state index in [2.05, 4.69) is 22.1 Å². The molecule has 0 aliphatic heterocycles. The predicted octanol–water partition coefficient (Wildman–Crippen LogP) is 1.98. The normalized spacial score (nSPS) is 9.62. The van der Waals surface area contributed by atoms with Crippen LogP contribution in [0.25, 0.3) is 0 Å². The highest BCUT2D eigenvalue weighted by atomic mass is 35.5. The average molecular weight is 300 g/mol. The minimum Gasteiger partial charge on any atom is -0.348 e. The zero-order valence-corrected chi connectivity index (χ0v) is 12.0. The van der Waals surface area contributed by atoms with Gasteiger partial charge in [0.15, 0.2) is 0 Å². The highest BCUT2D eigenvalue weighted by molar-refractivity contribution is 6.32. The molecule has 5 heteroatoms. The fraction of sp³-hybridized carbons (Fsp3) is 0.125. The van der Waals surface area contributed by atoms with Crippen LogP contribution in [0, 0.1) is 11.8 Å². The Balaban J connectivity index is 2.04. The molecule has 0 aliphatic rings. The third kappa shape index (κ3) is 4.32. The van der Waals surface area contributed by atoms with Crippen LogP contribution in [0.5, 0.6) is 0 Å². The van der Waals surface area contributed by atoms with Crippen molar-refractivity contribution in [1.82, 2.24) is 10.3 Å². The maximum absolute atomic E-state index is 12.1. The van der Waals surface area contributed by atoms with Gasteiger partial charge in [-0.2, -0.15) is 0 Å². The fourth-order valence-electron chi connectivity index (χ4n) is 1.69. The van der Waals surface area contributed by atoms with E-state index in [1.54, 1.807) is 30.6 Å². The van der Waals surface area contributed by atoms with E-state index in [9.17, 15) is 4.79 Å². The molecule has 0 fully saturated rings. The van der Waals surface area contributed by atoms with Crippen LogP contribution in [0.4, 0.5) is 0 Å². The number of aromatic nitrogens is 1. The topological polar surface area (TPSA) is 68.0 Å². The maximum atomic E-state index is 12.1. The molecule has 0 saturated carbocycles. The van der Waals surface area contributed by atoms with Crippen LogP contribution in [0.3, 0.4) is 0 Å². The molecule has 2 rings (SSSR count). The molecule has 1 amide bonds. The Labute approximate surface area is 128 Å². The maximum Gasteiger partial charge on any atom is 0.251 e. The first-order chi connectivity index (χ1) is 10.2. The predicted molar refractivity (Wildman–Crippen MR) is 82.8 cm³/mol. The van der Waals surface area contributed by atoms with Crippen molar-refractivity contribution in [2.75, 3.05) is 6.54 Å². The lowest BCUT2D eigenvalue weighted by Gasteiger charge is -2.06. The van der Waals surface area contributed by atoms with Gasteiger partial charge in [-0.05, 0) is 35.9 Å². The van der Waals surface area contributed by atoms with E-state index in [1.807, 2.05) is 12.1 Å². The molecule has 0 radical (unpaired) electrons. The minimum atomic E-state index is -0.188. The number of hydrogen-bond acceptors (Lipinski definition) is 3. The van der Waals surface area contributed by atoms with E-state index in [-0.39, 0.29) is 12.5 Å². The summed E-state index contributed by atoms with van der Waals surface area (Å²) in [5.74, 6) is 5.39. The zero-order chi connectivity index (χ0) is 15.1. The number of halogens is 1. The number of nitrogens with one attached hydrogen (secondary N) is 1. The van der Waals surface area contributed by atoms with Gasteiger partial charge in [0.25, 0.3) is 5.91 Å². The molecule has 1 aromatic carbocycles. The number of carbonyl (C=O) groups excluding carboxylic acids is 1. The molecule has 2 aromatic rings. The summed E-state index contributed by atoms with van der Waals surface area (Å²) < 4.78 is 0. The Bertz CT molecular complexity index is 690. The SMILES string of the molecule is NCC#Cc1ccc(C(=O)NCc2ccncc2)cc1Cl. The first kappa shape index (κ1) is 15.0. The zero-order valence-electron chi connectivity index (χ0n) is 11.3. The molecular weight excluding hydrogens is 286 g/mol. The molecule has 4 nitrogen and oxygen atoms in total. The summed E-state index contributed by atoms with van der Waals surface area (Å²) in [5, 5.41) is 3.26. The smallest absolute Gasteiger partial charge is 0.251 e. The van der Waals surface area contributed by atoms with Gasteiger partial charge in [-0.1, -0.05) is 23.4 Å². The van der Waals surface area contributed by atoms with Gasteiger partial charge in [-0.15, -0.1) is 0 Å². The van der Waals surface area contributed by atoms with Gasteiger partial charge in [0.2, 0.25) is 0 Å². The van der Waals surface area contributed by atoms with Crippen LogP contribution >= 0.6 is 11.6 Å². The Morgan fingerprint density at radius 3 is 2.71 bits per heavy atom. The van der Waals surface area contributed by atoms with Crippen molar-refractivity contribution in [3.8, 4) is 11.8 Å². The van der Waals surface area contributed by atoms with E-state index >= 15 is 0 Å². The van der Waals surface area contributed by atoms with Crippen molar-refractivity contribution >= 4 is 17.5 Å². The van der Waals surface area contributed by atoms with Crippen LogP contribution in [0.2, 0.25) is 5.02 Å². The van der Waals surface area contributed by atoms with Crippen molar-refractivity contribution in [2.45, 2.75) is 6.54 Å². The van der Waals surface area contributed by atoms with Crippen LogP contribution in [-0.4, -0.2) is 17.4 Å². The first-order valence-corrected chi connectivity index (χ1v) is 6.74. The highest BCUT2D eigenvalue weighted by Gasteiger charge is 2.07. The minimum absolute atomic E-state index is 0.188. The van der Waals surface area contributed by atoms with Gasteiger partial charge in [-0.3, -0.25) is 9.78 Å². The Hall–Kier alpha value is -2.35. The van der Waals surface area contributed by atoms with E-state index in [1.165, 1.54) is 0 Å². The molecule has 0 unspecified atom stereocenters. The molecule has 0 aliphatic carbocycles. The van der Waals surface area contributed by atoms with Crippen molar-refractivity contribution in [2.24, 2.45) is 5.73 Å². The summed E-state index contributed by atoms with van der Waals surface area (Å²) in [6, 6.07) is 8.70. The van der Waals surface area contributed by atoms with Gasteiger partial charge in [0.1, 0.15) is 0 Å². The number of amides is 1. The van der Waals surface area contributed by atoms with Crippen LogP contribution in [0.1, 0.15) is 21.5 Å². The summed E-state index contributed by atoms with van der Waals surface area (Å²) in [7, 11) is 0. The highest BCUT2D eigenvalue weighted by Crippen LogP contribution is 2.17. The van der Waals surface area contributed by atoms with Crippen LogP contribution in [-0.2, 0) is 6.54 Å². The van der Waals surface area contributed by atoms with E-state index in [0.29, 0.717) is 22.7 Å². The Morgan fingerprint density at radius 2 is 2.05 bits per heavy atom. The first-order valence-electron chi connectivity index (χ1n) is 6.36. The quantitative estimate of drug-likeness (QED) is 0.852. The monoisotopic (exact) mass is 299 g/mol. The van der Waals surface area contributed by atoms with Gasteiger partial charge in [0.05, 0.1) is 11.6 Å². The average Bonchev–Trinajstić information content (AvgIpc) is 2.52. The number of pyridine rings is 1. The van der Waals surface area contributed by atoms with Crippen LogP contribution in [0.15, 0.2) is 42.7 Å². The molecule has 3 N–H and O–H groups in total. The second-order valence-corrected chi connectivity index (χ2v) is 4.65. The molecule has 1 heterocycles. The summed E-state index contributed by atoms with van der Waals surface area (Å²) >= 11 is 6.09. The van der Waals surface area contributed by atoms with Crippen molar-refractivity contribution in [3.05, 3.63) is 64.4 Å². The number of rotatable bonds is 3. The summed E-state index contributed by atoms with van der Waals surface area (Å²) in [6.07, 6.45) is 3.37. The molecule has 1 aromatic heterocycles. The van der Waals surface area contributed by atoms with Crippen molar-refractivity contribution in [3.63, 3.8) is 0 Å².